The van der Waals surface area contributed by atoms with Gasteiger partial charge < -0.3 is 0 Å². The molecule has 0 unspecified atom stereocenters. The maximum absolute atomic E-state index is 10.7. The zero-order chi connectivity index (χ0) is 7.78. The van der Waals surface area contributed by atoms with Crippen molar-refractivity contribution in [1.82, 2.24) is 0 Å². The SMILES string of the molecule is CC1(C)CC(C(=O)C#N)C1. The van der Waals surface area contributed by atoms with Crippen LogP contribution in [0.2, 0.25) is 0 Å². The van der Waals surface area contributed by atoms with Crippen LogP contribution in [0.1, 0.15) is 26.7 Å². The highest BCUT2D eigenvalue weighted by Crippen LogP contribution is 2.44. The molecule has 0 aliphatic heterocycles. The summed E-state index contributed by atoms with van der Waals surface area (Å²) in [5.74, 6) is -0.195. The van der Waals surface area contributed by atoms with Crippen molar-refractivity contribution in [1.29, 1.82) is 5.26 Å². The predicted molar refractivity (Wildman–Crippen MR) is 37.1 cm³/mol. The zero-order valence-electron chi connectivity index (χ0n) is 6.35. The first-order valence-corrected chi connectivity index (χ1v) is 3.49. The average Bonchev–Trinajstić information content (AvgIpc) is 1.81. The third kappa shape index (κ3) is 1.18. The van der Waals surface area contributed by atoms with Crippen LogP contribution in [0.15, 0.2) is 0 Å². The van der Waals surface area contributed by atoms with Gasteiger partial charge in [0.2, 0.25) is 5.78 Å². The van der Waals surface area contributed by atoms with Crippen molar-refractivity contribution >= 4 is 5.78 Å². The molecule has 0 aromatic heterocycles. The van der Waals surface area contributed by atoms with Gasteiger partial charge in [0.15, 0.2) is 0 Å². The molecule has 0 heterocycles. The van der Waals surface area contributed by atoms with Crippen molar-refractivity contribution in [3.05, 3.63) is 0 Å². The van der Waals surface area contributed by atoms with Crippen molar-refractivity contribution < 1.29 is 4.79 Å². The average molecular weight is 137 g/mol. The van der Waals surface area contributed by atoms with Crippen LogP contribution in [-0.2, 0) is 4.79 Å². The van der Waals surface area contributed by atoms with Crippen molar-refractivity contribution in [2.75, 3.05) is 0 Å². The van der Waals surface area contributed by atoms with Crippen molar-refractivity contribution in [2.45, 2.75) is 26.7 Å². The van der Waals surface area contributed by atoms with E-state index in [0.717, 1.165) is 12.8 Å². The van der Waals surface area contributed by atoms with Crippen LogP contribution in [-0.4, -0.2) is 5.78 Å². The normalized spacial score (nSPS) is 22.9. The summed E-state index contributed by atoms with van der Waals surface area (Å²) in [5.41, 5.74) is 0.303. The van der Waals surface area contributed by atoms with Gasteiger partial charge in [-0.05, 0) is 18.3 Å². The predicted octanol–water partition coefficient (Wildman–Crippen LogP) is 1.52. The lowest BCUT2D eigenvalue weighted by molar-refractivity contribution is -0.123. The maximum atomic E-state index is 10.7. The van der Waals surface area contributed by atoms with Crippen molar-refractivity contribution in [2.24, 2.45) is 11.3 Å². The standard InChI is InChI=1S/C8H11NO/c1-8(2)3-6(4-8)7(10)5-9/h6H,3-4H2,1-2H3. The van der Waals surface area contributed by atoms with E-state index >= 15 is 0 Å². The minimum atomic E-state index is -0.237. The van der Waals surface area contributed by atoms with Gasteiger partial charge in [-0.15, -0.1) is 0 Å². The Labute approximate surface area is 60.8 Å². The summed E-state index contributed by atoms with van der Waals surface area (Å²) in [5, 5.41) is 8.24. The van der Waals surface area contributed by atoms with Gasteiger partial charge in [0, 0.05) is 5.92 Å². The number of carbonyl (C=O) groups is 1. The first-order valence-electron chi connectivity index (χ1n) is 3.49. The zero-order valence-corrected chi connectivity index (χ0v) is 6.35. The summed E-state index contributed by atoms with van der Waals surface area (Å²) in [4.78, 5) is 10.7. The quantitative estimate of drug-likeness (QED) is 0.514. The topological polar surface area (TPSA) is 40.9 Å². The van der Waals surface area contributed by atoms with E-state index < -0.39 is 0 Å². The summed E-state index contributed by atoms with van der Waals surface area (Å²) in [6.07, 6.45) is 1.78. The summed E-state index contributed by atoms with van der Waals surface area (Å²) in [6, 6.07) is 1.67. The highest BCUT2D eigenvalue weighted by atomic mass is 16.1. The molecule has 0 aromatic rings. The lowest BCUT2D eigenvalue weighted by Crippen LogP contribution is -2.36. The Morgan fingerprint density at radius 1 is 1.60 bits per heavy atom. The molecule has 1 aliphatic rings. The molecule has 54 valence electrons. The third-order valence-corrected chi connectivity index (χ3v) is 2.08. The molecule has 0 amide bonds. The minimum absolute atomic E-state index is 0.0417. The van der Waals surface area contributed by atoms with Crippen LogP contribution in [0.25, 0.3) is 0 Å². The van der Waals surface area contributed by atoms with E-state index in [1.807, 2.05) is 0 Å². The molecule has 0 N–H and O–H groups in total. The number of ketones is 1. The minimum Gasteiger partial charge on any atom is -0.282 e. The molecular formula is C8H11NO. The number of rotatable bonds is 1. The fourth-order valence-corrected chi connectivity index (χ4v) is 1.55. The highest BCUT2D eigenvalue weighted by molar-refractivity contribution is 5.95. The van der Waals surface area contributed by atoms with E-state index in [9.17, 15) is 4.79 Å². The first-order chi connectivity index (χ1) is 4.55. The van der Waals surface area contributed by atoms with Gasteiger partial charge in [-0.2, -0.15) is 5.26 Å². The van der Waals surface area contributed by atoms with Crippen LogP contribution in [0.3, 0.4) is 0 Å². The molecule has 1 aliphatic carbocycles. The van der Waals surface area contributed by atoms with Crippen LogP contribution < -0.4 is 0 Å². The molecule has 1 saturated carbocycles. The summed E-state index contributed by atoms with van der Waals surface area (Å²) in [6.45, 7) is 4.24. The third-order valence-electron chi connectivity index (χ3n) is 2.08. The Bertz CT molecular complexity index is 192. The molecule has 0 bridgehead atoms. The van der Waals surface area contributed by atoms with Crippen LogP contribution in [0.5, 0.6) is 0 Å². The van der Waals surface area contributed by atoms with Gasteiger partial charge in [0.05, 0.1) is 0 Å². The number of nitriles is 1. The molecule has 2 nitrogen and oxygen atoms in total. The van der Waals surface area contributed by atoms with Crippen molar-refractivity contribution in [3.63, 3.8) is 0 Å². The molecule has 1 rings (SSSR count). The highest BCUT2D eigenvalue weighted by Gasteiger charge is 2.39. The molecule has 0 radical (unpaired) electrons. The van der Waals surface area contributed by atoms with Gasteiger partial charge in [-0.3, -0.25) is 4.79 Å². The Kier molecular flexibility index (Phi) is 1.52. The Morgan fingerprint density at radius 2 is 2.10 bits per heavy atom. The van der Waals surface area contributed by atoms with Crippen molar-refractivity contribution in [3.8, 4) is 6.07 Å². The van der Waals surface area contributed by atoms with Gasteiger partial charge >= 0.3 is 0 Å². The summed E-state index contributed by atoms with van der Waals surface area (Å²) < 4.78 is 0. The lowest BCUT2D eigenvalue weighted by atomic mass is 9.63. The van der Waals surface area contributed by atoms with Gasteiger partial charge in [-0.25, -0.2) is 0 Å². The molecule has 0 atom stereocenters. The molecule has 2 heteroatoms. The summed E-state index contributed by atoms with van der Waals surface area (Å²) >= 11 is 0. The van der Waals surface area contributed by atoms with E-state index in [0.29, 0.717) is 5.41 Å². The Hall–Kier alpha value is -0.840. The molecule has 0 spiro atoms. The first kappa shape index (κ1) is 7.27. The van der Waals surface area contributed by atoms with Gasteiger partial charge in [-0.1, -0.05) is 13.8 Å². The van der Waals surface area contributed by atoms with Crippen LogP contribution in [0.4, 0.5) is 0 Å². The molecular weight excluding hydrogens is 126 g/mol. The smallest absolute Gasteiger partial charge is 0.235 e. The number of Topliss-reactive ketones (excluding diaryl/α,β-unsaturated/α-hetero) is 1. The molecule has 10 heavy (non-hydrogen) atoms. The van der Waals surface area contributed by atoms with Gasteiger partial charge in [0.1, 0.15) is 6.07 Å². The fourth-order valence-electron chi connectivity index (χ4n) is 1.55. The fraction of sp³-hybridized carbons (Fsp3) is 0.750. The summed E-state index contributed by atoms with van der Waals surface area (Å²) in [7, 11) is 0. The second kappa shape index (κ2) is 2.09. The van der Waals surface area contributed by atoms with Crippen LogP contribution in [0, 0.1) is 22.7 Å². The van der Waals surface area contributed by atoms with Gasteiger partial charge in [0.25, 0.3) is 0 Å². The van der Waals surface area contributed by atoms with E-state index in [1.54, 1.807) is 6.07 Å². The largest absolute Gasteiger partial charge is 0.282 e. The van der Waals surface area contributed by atoms with E-state index in [4.69, 9.17) is 5.26 Å². The molecule has 0 aromatic carbocycles. The second-order valence-corrected chi connectivity index (χ2v) is 3.75. The Morgan fingerprint density at radius 3 is 2.40 bits per heavy atom. The maximum Gasteiger partial charge on any atom is 0.235 e. The number of hydrogen-bond acceptors (Lipinski definition) is 2. The Balaban J connectivity index is 2.42. The second-order valence-electron chi connectivity index (χ2n) is 3.75. The number of carbonyl (C=O) groups excluding carboxylic acids is 1. The lowest BCUT2D eigenvalue weighted by Gasteiger charge is -2.40. The molecule has 0 saturated heterocycles. The van der Waals surface area contributed by atoms with Crippen LogP contribution >= 0.6 is 0 Å². The van der Waals surface area contributed by atoms with E-state index in [-0.39, 0.29) is 11.7 Å². The van der Waals surface area contributed by atoms with E-state index in [2.05, 4.69) is 13.8 Å². The monoisotopic (exact) mass is 137 g/mol. The number of nitrogens with zero attached hydrogens (tertiary/aromatic N) is 1. The van der Waals surface area contributed by atoms with E-state index in [1.165, 1.54) is 0 Å². The molecule has 1 fully saturated rings. The number of hydrogen-bond donors (Lipinski definition) is 0.